The molecular formula is C10H9NO2. The number of hydrogen-bond donors (Lipinski definition) is 2. The molecule has 3 heteroatoms. The Hall–Kier alpha value is -1.77. The van der Waals surface area contributed by atoms with Crippen LogP contribution in [0.15, 0.2) is 30.5 Å². The number of aldehydes is 1. The average molecular weight is 175 g/mol. The zero-order chi connectivity index (χ0) is 9.26. The van der Waals surface area contributed by atoms with Crippen LogP contribution in [0.1, 0.15) is 17.2 Å². The first-order valence-electron chi connectivity index (χ1n) is 4.02. The van der Waals surface area contributed by atoms with Gasteiger partial charge in [-0.3, -0.25) is 0 Å². The molecule has 2 rings (SSSR count). The summed E-state index contributed by atoms with van der Waals surface area (Å²) >= 11 is 0. The van der Waals surface area contributed by atoms with Crippen molar-refractivity contribution in [1.82, 2.24) is 5.32 Å². The number of hydrogen-bond acceptors (Lipinski definition) is 3. The molecule has 1 aromatic carbocycles. The minimum absolute atomic E-state index is 0.175. The van der Waals surface area contributed by atoms with Gasteiger partial charge in [-0.2, -0.15) is 0 Å². The highest BCUT2D eigenvalue weighted by Crippen LogP contribution is 2.25. The van der Waals surface area contributed by atoms with Crippen LogP contribution in [0.4, 0.5) is 0 Å². The molecule has 0 aromatic heterocycles. The molecule has 0 amide bonds. The number of carbonyl (C=O) groups excluding carboxylic acids is 1. The molecule has 0 aliphatic carbocycles. The number of aliphatic hydroxyl groups excluding tert-OH is 1. The number of nitrogens with one attached hydrogen (secondary N) is 1. The molecule has 0 radical (unpaired) electrons. The minimum atomic E-state index is -0.341. The quantitative estimate of drug-likeness (QED) is 0.634. The van der Waals surface area contributed by atoms with Crippen molar-refractivity contribution in [3.8, 4) is 0 Å². The maximum absolute atomic E-state index is 10.7. The Morgan fingerprint density at radius 1 is 1.38 bits per heavy atom. The summed E-state index contributed by atoms with van der Waals surface area (Å²) in [5.41, 5.74) is 1.54. The summed E-state index contributed by atoms with van der Waals surface area (Å²) in [5, 5.41) is 12.3. The highest BCUT2D eigenvalue weighted by Gasteiger charge is 2.18. The normalized spacial score (nSPS) is 19.7. The van der Waals surface area contributed by atoms with Crippen LogP contribution < -0.4 is 5.32 Å². The molecule has 0 fully saturated rings. The standard InChI is InChI=1S/C10H9NO2/c12-6-9-7-3-1-2-4-8(7)10(13)5-11-9/h1-6,9,11,13H. The van der Waals surface area contributed by atoms with Crippen LogP contribution in [-0.2, 0) is 4.79 Å². The molecule has 13 heavy (non-hydrogen) atoms. The number of aliphatic hydroxyl groups is 1. The third-order valence-corrected chi connectivity index (χ3v) is 2.11. The molecule has 3 nitrogen and oxygen atoms in total. The Balaban J connectivity index is 2.56. The first-order chi connectivity index (χ1) is 6.33. The minimum Gasteiger partial charge on any atom is -0.506 e. The molecule has 0 saturated carbocycles. The fraction of sp³-hybridized carbons (Fsp3) is 0.100. The van der Waals surface area contributed by atoms with Crippen LogP contribution in [0.2, 0.25) is 0 Å². The largest absolute Gasteiger partial charge is 0.506 e. The molecule has 1 aliphatic rings. The molecule has 1 aliphatic heterocycles. The zero-order valence-corrected chi connectivity index (χ0v) is 6.90. The molecule has 1 unspecified atom stereocenters. The fourth-order valence-corrected chi connectivity index (χ4v) is 1.45. The number of benzene rings is 1. The van der Waals surface area contributed by atoms with E-state index in [-0.39, 0.29) is 11.8 Å². The van der Waals surface area contributed by atoms with Crippen molar-refractivity contribution in [1.29, 1.82) is 0 Å². The number of carbonyl (C=O) groups is 1. The van der Waals surface area contributed by atoms with Gasteiger partial charge in [0, 0.05) is 11.8 Å². The molecule has 0 saturated heterocycles. The Kier molecular flexibility index (Phi) is 1.77. The Bertz CT molecular complexity index is 371. The van der Waals surface area contributed by atoms with Gasteiger partial charge in [-0.25, -0.2) is 0 Å². The van der Waals surface area contributed by atoms with Crippen LogP contribution in [0, 0.1) is 0 Å². The Morgan fingerprint density at radius 2 is 2.15 bits per heavy atom. The van der Waals surface area contributed by atoms with E-state index in [2.05, 4.69) is 5.32 Å². The highest BCUT2D eigenvalue weighted by molar-refractivity contribution is 5.72. The van der Waals surface area contributed by atoms with E-state index in [1.54, 1.807) is 6.07 Å². The summed E-state index contributed by atoms with van der Waals surface area (Å²) in [5.74, 6) is 0.175. The van der Waals surface area contributed by atoms with Gasteiger partial charge in [0.25, 0.3) is 0 Å². The van der Waals surface area contributed by atoms with Crippen LogP contribution in [-0.4, -0.2) is 11.4 Å². The van der Waals surface area contributed by atoms with Gasteiger partial charge < -0.3 is 15.2 Å². The lowest BCUT2D eigenvalue weighted by Gasteiger charge is -2.20. The van der Waals surface area contributed by atoms with Crippen molar-refractivity contribution in [3.63, 3.8) is 0 Å². The third-order valence-electron chi connectivity index (χ3n) is 2.11. The maximum Gasteiger partial charge on any atom is 0.146 e. The third kappa shape index (κ3) is 1.18. The van der Waals surface area contributed by atoms with Crippen LogP contribution in [0.5, 0.6) is 0 Å². The van der Waals surface area contributed by atoms with Crippen molar-refractivity contribution in [2.24, 2.45) is 0 Å². The fourth-order valence-electron chi connectivity index (χ4n) is 1.45. The van der Waals surface area contributed by atoms with Crippen molar-refractivity contribution >= 4 is 12.0 Å². The molecule has 1 heterocycles. The first-order valence-corrected chi connectivity index (χ1v) is 4.02. The van der Waals surface area contributed by atoms with Crippen molar-refractivity contribution in [3.05, 3.63) is 41.6 Å². The Labute approximate surface area is 75.7 Å². The topological polar surface area (TPSA) is 49.3 Å². The molecule has 1 atom stereocenters. The van der Waals surface area contributed by atoms with E-state index in [1.165, 1.54) is 6.20 Å². The van der Waals surface area contributed by atoms with Gasteiger partial charge in [-0.05, 0) is 5.56 Å². The van der Waals surface area contributed by atoms with Crippen LogP contribution in [0.3, 0.4) is 0 Å². The van der Waals surface area contributed by atoms with Gasteiger partial charge in [0.05, 0.1) is 0 Å². The number of rotatable bonds is 1. The molecule has 2 N–H and O–H groups in total. The van der Waals surface area contributed by atoms with Gasteiger partial charge in [-0.15, -0.1) is 0 Å². The van der Waals surface area contributed by atoms with Gasteiger partial charge in [0.15, 0.2) is 0 Å². The lowest BCUT2D eigenvalue weighted by Crippen LogP contribution is -2.22. The predicted molar refractivity (Wildman–Crippen MR) is 49.0 cm³/mol. The Morgan fingerprint density at radius 3 is 2.92 bits per heavy atom. The van der Waals surface area contributed by atoms with Crippen molar-refractivity contribution < 1.29 is 9.90 Å². The maximum atomic E-state index is 10.7. The number of fused-ring (bicyclic) bond motifs is 1. The monoisotopic (exact) mass is 175 g/mol. The van der Waals surface area contributed by atoms with E-state index in [1.807, 2.05) is 18.2 Å². The molecule has 0 bridgehead atoms. The van der Waals surface area contributed by atoms with Gasteiger partial charge in [0.2, 0.25) is 0 Å². The lowest BCUT2D eigenvalue weighted by molar-refractivity contribution is -0.109. The summed E-state index contributed by atoms with van der Waals surface area (Å²) in [7, 11) is 0. The first kappa shape index (κ1) is 7.86. The van der Waals surface area contributed by atoms with Gasteiger partial charge >= 0.3 is 0 Å². The molecule has 66 valence electrons. The predicted octanol–water partition coefficient (Wildman–Crippen LogP) is 1.39. The van der Waals surface area contributed by atoms with Gasteiger partial charge in [-0.1, -0.05) is 24.3 Å². The SMILES string of the molecule is O=CC1NC=C(O)c2ccccc21. The van der Waals surface area contributed by atoms with E-state index in [4.69, 9.17) is 0 Å². The van der Waals surface area contributed by atoms with E-state index < -0.39 is 0 Å². The summed E-state index contributed by atoms with van der Waals surface area (Å²) in [6, 6.07) is 6.95. The van der Waals surface area contributed by atoms with E-state index >= 15 is 0 Å². The highest BCUT2D eigenvalue weighted by atomic mass is 16.3. The van der Waals surface area contributed by atoms with Crippen LogP contribution in [0.25, 0.3) is 5.76 Å². The van der Waals surface area contributed by atoms with Crippen molar-refractivity contribution in [2.75, 3.05) is 0 Å². The second-order valence-electron chi connectivity index (χ2n) is 2.90. The second-order valence-corrected chi connectivity index (χ2v) is 2.90. The van der Waals surface area contributed by atoms with Crippen LogP contribution >= 0.6 is 0 Å². The zero-order valence-electron chi connectivity index (χ0n) is 6.90. The molecule has 0 spiro atoms. The van der Waals surface area contributed by atoms with Gasteiger partial charge in [0.1, 0.15) is 18.1 Å². The summed E-state index contributed by atoms with van der Waals surface area (Å²) in [4.78, 5) is 10.7. The average Bonchev–Trinajstić information content (AvgIpc) is 2.19. The molecular weight excluding hydrogens is 166 g/mol. The summed E-state index contributed by atoms with van der Waals surface area (Å²) in [6.45, 7) is 0. The van der Waals surface area contributed by atoms with E-state index in [0.29, 0.717) is 0 Å². The smallest absolute Gasteiger partial charge is 0.146 e. The lowest BCUT2D eigenvalue weighted by atomic mass is 9.98. The van der Waals surface area contributed by atoms with E-state index in [0.717, 1.165) is 17.4 Å². The second kappa shape index (κ2) is 2.94. The molecule has 1 aromatic rings. The van der Waals surface area contributed by atoms with Crippen molar-refractivity contribution in [2.45, 2.75) is 6.04 Å². The van der Waals surface area contributed by atoms with E-state index in [9.17, 15) is 9.90 Å². The summed E-state index contributed by atoms with van der Waals surface area (Å²) < 4.78 is 0. The summed E-state index contributed by atoms with van der Waals surface area (Å²) in [6.07, 6.45) is 2.27.